The minimum atomic E-state index is -0.569. The lowest BCUT2D eigenvalue weighted by molar-refractivity contribution is -0.131. The molecule has 20 heavy (non-hydrogen) atoms. The van der Waals surface area contributed by atoms with Crippen LogP contribution >= 0.6 is 0 Å². The predicted octanol–water partition coefficient (Wildman–Crippen LogP) is 1.21. The van der Waals surface area contributed by atoms with Crippen molar-refractivity contribution in [1.82, 2.24) is 5.32 Å². The van der Waals surface area contributed by atoms with Gasteiger partial charge in [0.1, 0.15) is 6.61 Å². The maximum Gasteiger partial charge on any atom is 0.264 e. The first-order valence-electron chi connectivity index (χ1n) is 7.17. The lowest BCUT2D eigenvalue weighted by Crippen LogP contribution is -2.49. The Labute approximate surface area is 118 Å². The molecule has 1 aromatic rings. The van der Waals surface area contributed by atoms with Crippen LogP contribution in [-0.4, -0.2) is 30.7 Å². The van der Waals surface area contributed by atoms with Gasteiger partial charge in [-0.15, -0.1) is 0 Å². The Morgan fingerprint density at radius 2 is 1.85 bits per heavy atom. The molecule has 3 rings (SSSR count). The van der Waals surface area contributed by atoms with Gasteiger partial charge in [-0.3, -0.25) is 4.79 Å². The number of hydrogen-bond acceptors (Lipinski definition) is 4. The van der Waals surface area contributed by atoms with Crippen LogP contribution in [0.15, 0.2) is 24.3 Å². The van der Waals surface area contributed by atoms with Gasteiger partial charge in [0, 0.05) is 12.1 Å². The molecule has 0 radical (unpaired) electrons. The van der Waals surface area contributed by atoms with Gasteiger partial charge in [-0.05, 0) is 37.8 Å². The standard InChI is InChI=1S/C15H20N2O3/c16-10-5-7-11(8-6-10)17-15(18)14-9-19-12-3-1-2-4-13(12)20-14/h1-4,10-11,14H,5-9,16H2,(H,17,18)/t10?,11?,14-/m0/s1. The number of para-hydroxylation sites is 2. The average Bonchev–Trinajstić information content (AvgIpc) is 2.49. The third kappa shape index (κ3) is 2.88. The molecule has 5 heteroatoms. The van der Waals surface area contributed by atoms with Gasteiger partial charge in [0.2, 0.25) is 6.10 Å². The van der Waals surface area contributed by atoms with E-state index in [9.17, 15) is 4.79 Å². The van der Waals surface area contributed by atoms with Gasteiger partial charge in [0.25, 0.3) is 5.91 Å². The molecule has 1 atom stereocenters. The van der Waals surface area contributed by atoms with Crippen molar-refractivity contribution in [2.45, 2.75) is 43.9 Å². The molecule has 5 nitrogen and oxygen atoms in total. The second-order valence-electron chi connectivity index (χ2n) is 5.48. The highest BCUT2D eigenvalue weighted by Gasteiger charge is 2.29. The van der Waals surface area contributed by atoms with E-state index in [1.165, 1.54) is 0 Å². The first-order chi connectivity index (χ1) is 9.72. The van der Waals surface area contributed by atoms with Crippen LogP contribution in [0.4, 0.5) is 0 Å². The van der Waals surface area contributed by atoms with Gasteiger partial charge in [-0.2, -0.15) is 0 Å². The molecule has 2 aliphatic rings. The molecule has 1 fully saturated rings. The minimum Gasteiger partial charge on any atom is -0.485 e. The Morgan fingerprint density at radius 3 is 2.60 bits per heavy atom. The minimum absolute atomic E-state index is 0.0972. The molecule has 0 saturated heterocycles. The number of carbonyl (C=O) groups excluding carboxylic acids is 1. The lowest BCUT2D eigenvalue weighted by atomic mass is 9.92. The van der Waals surface area contributed by atoms with Crippen molar-refractivity contribution < 1.29 is 14.3 Å². The van der Waals surface area contributed by atoms with Crippen LogP contribution in [0, 0.1) is 0 Å². The molecular formula is C15H20N2O3. The summed E-state index contributed by atoms with van der Waals surface area (Å²) in [5, 5.41) is 3.04. The highest BCUT2D eigenvalue weighted by atomic mass is 16.6. The van der Waals surface area contributed by atoms with Crippen molar-refractivity contribution >= 4 is 5.91 Å². The summed E-state index contributed by atoms with van der Waals surface area (Å²) in [7, 11) is 0. The van der Waals surface area contributed by atoms with Crippen LogP contribution in [0.25, 0.3) is 0 Å². The number of amides is 1. The lowest BCUT2D eigenvalue weighted by Gasteiger charge is -2.30. The molecule has 0 aromatic heterocycles. The molecule has 3 N–H and O–H groups in total. The van der Waals surface area contributed by atoms with Gasteiger partial charge >= 0.3 is 0 Å². The topological polar surface area (TPSA) is 73.6 Å². The molecule has 108 valence electrons. The molecule has 1 aliphatic carbocycles. The molecule has 0 bridgehead atoms. The number of carbonyl (C=O) groups is 1. The normalized spacial score (nSPS) is 28.8. The van der Waals surface area contributed by atoms with Crippen LogP contribution in [0.3, 0.4) is 0 Å². The number of ether oxygens (including phenoxy) is 2. The Morgan fingerprint density at radius 1 is 1.15 bits per heavy atom. The van der Waals surface area contributed by atoms with E-state index in [-0.39, 0.29) is 24.6 Å². The van der Waals surface area contributed by atoms with Crippen LogP contribution in [0.2, 0.25) is 0 Å². The second kappa shape index (κ2) is 5.71. The Balaban J connectivity index is 1.56. The van der Waals surface area contributed by atoms with Crippen LogP contribution in [0.1, 0.15) is 25.7 Å². The summed E-state index contributed by atoms with van der Waals surface area (Å²) in [5.74, 6) is 1.23. The summed E-state index contributed by atoms with van der Waals surface area (Å²) in [6.45, 7) is 0.259. The summed E-state index contributed by atoms with van der Waals surface area (Å²) < 4.78 is 11.3. The third-order valence-electron chi connectivity index (χ3n) is 3.92. The zero-order valence-corrected chi connectivity index (χ0v) is 11.4. The summed E-state index contributed by atoms with van der Waals surface area (Å²) in [6, 6.07) is 7.89. The monoisotopic (exact) mass is 276 g/mol. The Hall–Kier alpha value is -1.75. The SMILES string of the molecule is NC1CCC(NC(=O)[C@@H]2COc3ccccc3O2)CC1. The van der Waals surface area contributed by atoms with Crippen molar-refractivity contribution in [2.75, 3.05) is 6.61 Å². The van der Waals surface area contributed by atoms with E-state index < -0.39 is 6.10 Å². The van der Waals surface area contributed by atoms with Gasteiger partial charge in [0.15, 0.2) is 11.5 Å². The zero-order chi connectivity index (χ0) is 13.9. The van der Waals surface area contributed by atoms with E-state index in [0.29, 0.717) is 11.5 Å². The fraction of sp³-hybridized carbons (Fsp3) is 0.533. The predicted molar refractivity (Wildman–Crippen MR) is 74.7 cm³/mol. The van der Waals surface area contributed by atoms with E-state index in [2.05, 4.69) is 5.32 Å². The van der Waals surface area contributed by atoms with Crippen molar-refractivity contribution in [2.24, 2.45) is 5.73 Å². The molecule has 0 spiro atoms. The number of nitrogens with one attached hydrogen (secondary N) is 1. The van der Waals surface area contributed by atoms with E-state index >= 15 is 0 Å². The highest BCUT2D eigenvalue weighted by molar-refractivity contribution is 5.82. The van der Waals surface area contributed by atoms with E-state index in [4.69, 9.17) is 15.2 Å². The summed E-state index contributed by atoms with van der Waals surface area (Å²) in [6.07, 6.45) is 3.25. The number of hydrogen-bond donors (Lipinski definition) is 2. The van der Waals surface area contributed by atoms with Crippen LogP contribution in [-0.2, 0) is 4.79 Å². The molecule has 1 amide bonds. The van der Waals surface area contributed by atoms with Crippen molar-refractivity contribution in [3.05, 3.63) is 24.3 Å². The number of fused-ring (bicyclic) bond motifs is 1. The van der Waals surface area contributed by atoms with Gasteiger partial charge in [-0.25, -0.2) is 0 Å². The second-order valence-corrected chi connectivity index (χ2v) is 5.48. The fourth-order valence-electron chi connectivity index (χ4n) is 2.71. The van der Waals surface area contributed by atoms with Crippen molar-refractivity contribution in [3.63, 3.8) is 0 Å². The summed E-state index contributed by atoms with van der Waals surface area (Å²) in [5.41, 5.74) is 5.87. The van der Waals surface area contributed by atoms with Gasteiger partial charge < -0.3 is 20.5 Å². The maximum absolute atomic E-state index is 12.2. The molecule has 1 aromatic carbocycles. The largest absolute Gasteiger partial charge is 0.485 e. The zero-order valence-electron chi connectivity index (χ0n) is 11.4. The first-order valence-corrected chi connectivity index (χ1v) is 7.17. The average molecular weight is 276 g/mol. The third-order valence-corrected chi connectivity index (χ3v) is 3.92. The van der Waals surface area contributed by atoms with Crippen LogP contribution < -0.4 is 20.5 Å². The smallest absolute Gasteiger partial charge is 0.264 e. The van der Waals surface area contributed by atoms with Crippen molar-refractivity contribution in [3.8, 4) is 11.5 Å². The van der Waals surface area contributed by atoms with E-state index in [1.54, 1.807) is 0 Å². The van der Waals surface area contributed by atoms with E-state index in [1.807, 2.05) is 24.3 Å². The fourth-order valence-corrected chi connectivity index (χ4v) is 2.71. The summed E-state index contributed by atoms with van der Waals surface area (Å²) in [4.78, 5) is 12.2. The summed E-state index contributed by atoms with van der Waals surface area (Å²) >= 11 is 0. The molecule has 1 aliphatic heterocycles. The van der Waals surface area contributed by atoms with Gasteiger partial charge in [-0.1, -0.05) is 12.1 Å². The Bertz CT molecular complexity index is 484. The maximum atomic E-state index is 12.2. The van der Waals surface area contributed by atoms with Crippen molar-refractivity contribution in [1.29, 1.82) is 0 Å². The first kappa shape index (κ1) is 13.2. The van der Waals surface area contributed by atoms with Crippen LogP contribution in [0.5, 0.6) is 11.5 Å². The quantitative estimate of drug-likeness (QED) is 0.851. The molecule has 1 saturated carbocycles. The molecule has 1 heterocycles. The Kier molecular flexibility index (Phi) is 3.78. The highest BCUT2D eigenvalue weighted by Crippen LogP contribution is 2.31. The molecule has 0 unspecified atom stereocenters. The van der Waals surface area contributed by atoms with Gasteiger partial charge in [0.05, 0.1) is 0 Å². The number of nitrogens with two attached hydrogens (primary N) is 1. The van der Waals surface area contributed by atoms with E-state index in [0.717, 1.165) is 25.7 Å². The molecular weight excluding hydrogens is 256 g/mol. The number of benzene rings is 1. The number of rotatable bonds is 2.